The largest absolute Gasteiger partial charge is 0.497 e. The van der Waals surface area contributed by atoms with Crippen LogP contribution in [-0.4, -0.2) is 20.4 Å². The van der Waals surface area contributed by atoms with Gasteiger partial charge in [0, 0.05) is 17.9 Å². The molecule has 0 aromatic heterocycles. The van der Waals surface area contributed by atoms with Crippen LogP contribution in [-0.2, 0) is 6.54 Å². The third-order valence-electron chi connectivity index (χ3n) is 5.20. The molecule has 1 heterocycles. The third-order valence-corrected chi connectivity index (χ3v) is 5.20. The second-order valence-corrected chi connectivity index (χ2v) is 6.99. The Morgan fingerprint density at radius 3 is 2.46 bits per heavy atom. The van der Waals surface area contributed by atoms with Crippen molar-refractivity contribution in [1.29, 1.82) is 0 Å². The van der Waals surface area contributed by atoms with E-state index in [4.69, 9.17) is 14.2 Å². The van der Waals surface area contributed by atoms with Crippen LogP contribution in [0.3, 0.4) is 0 Å². The zero-order chi connectivity index (χ0) is 19.2. The van der Waals surface area contributed by atoms with Gasteiger partial charge in [0.25, 0.3) is 0 Å². The summed E-state index contributed by atoms with van der Waals surface area (Å²) in [6.07, 6.45) is 1.06. The molecule has 0 saturated carbocycles. The van der Waals surface area contributed by atoms with E-state index in [1.807, 2.05) is 18.2 Å². The monoisotopic (exact) mass is 376 g/mol. The van der Waals surface area contributed by atoms with E-state index in [-0.39, 0.29) is 0 Å². The quantitative estimate of drug-likeness (QED) is 0.610. The van der Waals surface area contributed by atoms with Crippen LogP contribution < -0.4 is 19.5 Å². The fraction of sp³-hybridized carbons (Fsp3) is 0.250. The number of quaternary nitrogens is 1. The number of methoxy groups -OCH3 is 1. The standard InChI is InChI=1S/C24H25NO3/c1-26-21-10-7-18(8-11-21)16-25-14-13-22(19-5-3-2-4-6-19)20-9-12-23-24(15-20)28-17-27-23/h2-12,15,22,25H,13-14,16-17H2,1H3/p+1/t22-/m0/s1. The van der Waals surface area contributed by atoms with Crippen molar-refractivity contribution in [3.63, 3.8) is 0 Å². The van der Waals surface area contributed by atoms with Crippen LogP contribution in [0.1, 0.15) is 29.0 Å². The molecular weight excluding hydrogens is 350 g/mol. The van der Waals surface area contributed by atoms with Gasteiger partial charge in [-0.1, -0.05) is 36.4 Å². The molecule has 28 heavy (non-hydrogen) atoms. The molecule has 4 rings (SSSR count). The Kier molecular flexibility index (Phi) is 5.78. The molecule has 4 heteroatoms. The lowest BCUT2D eigenvalue weighted by molar-refractivity contribution is -0.671. The van der Waals surface area contributed by atoms with Gasteiger partial charge in [0.15, 0.2) is 11.5 Å². The molecular formula is C24H26NO3+. The maximum atomic E-state index is 5.59. The second kappa shape index (κ2) is 8.81. The molecule has 0 unspecified atom stereocenters. The number of benzene rings is 3. The molecule has 0 spiro atoms. The molecule has 1 aliphatic heterocycles. The van der Waals surface area contributed by atoms with Gasteiger partial charge in [0.05, 0.1) is 13.7 Å². The summed E-state index contributed by atoms with van der Waals surface area (Å²) in [6.45, 7) is 2.32. The minimum absolute atomic E-state index is 0.310. The SMILES string of the molecule is COc1ccc(C[NH2+]CC[C@@H](c2ccccc2)c2ccc3c(c2)OCO3)cc1. The number of fused-ring (bicyclic) bond motifs is 1. The highest BCUT2D eigenvalue weighted by Gasteiger charge is 2.19. The molecule has 3 aromatic carbocycles. The normalized spacial score (nSPS) is 13.3. The number of ether oxygens (including phenoxy) is 3. The zero-order valence-corrected chi connectivity index (χ0v) is 16.1. The zero-order valence-electron chi connectivity index (χ0n) is 16.1. The lowest BCUT2D eigenvalue weighted by Crippen LogP contribution is -2.82. The molecule has 2 N–H and O–H groups in total. The van der Waals surface area contributed by atoms with Gasteiger partial charge in [0.1, 0.15) is 12.3 Å². The van der Waals surface area contributed by atoms with Gasteiger partial charge in [-0.25, -0.2) is 0 Å². The van der Waals surface area contributed by atoms with Crippen LogP contribution in [0.15, 0.2) is 72.8 Å². The van der Waals surface area contributed by atoms with Crippen LogP contribution in [0, 0.1) is 0 Å². The molecule has 0 radical (unpaired) electrons. The van der Waals surface area contributed by atoms with Crippen LogP contribution in [0.4, 0.5) is 0 Å². The molecule has 4 nitrogen and oxygen atoms in total. The topological polar surface area (TPSA) is 44.3 Å². The number of hydrogen-bond acceptors (Lipinski definition) is 3. The molecule has 1 atom stereocenters. The van der Waals surface area contributed by atoms with Crippen molar-refractivity contribution in [2.75, 3.05) is 20.4 Å². The van der Waals surface area contributed by atoms with Crippen molar-refractivity contribution in [3.05, 3.63) is 89.5 Å². The van der Waals surface area contributed by atoms with Gasteiger partial charge in [-0.2, -0.15) is 0 Å². The van der Waals surface area contributed by atoms with Crippen LogP contribution in [0.2, 0.25) is 0 Å². The third kappa shape index (κ3) is 4.29. The van der Waals surface area contributed by atoms with E-state index in [0.717, 1.165) is 36.8 Å². The Morgan fingerprint density at radius 2 is 1.68 bits per heavy atom. The summed E-state index contributed by atoms with van der Waals surface area (Å²) in [5, 5.41) is 2.37. The molecule has 0 saturated heterocycles. The highest BCUT2D eigenvalue weighted by molar-refractivity contribution is 5.47. The summed E-state index contributed by atoms with van der Waals surface area (Å²) in [5.41, 5.74) is 3.91. The minimum atomic E-state index is 0.310. The Hall–Kier alpha value is -2.98. The highest BCUT2D eigenvalue weighted by atomic mass is 16.7. The molecule has 3 aromatic rings. The molecule has 144 valence electrons. The van der Waals surface area contributed by atoms with Crippen LogP contribution in [0.25, 0.3) is 0 Å². The second-order valence-electron chi connectivity index (χ2n) is 6.99. The Bertz CT molecular complexity index is 893. The summed E-state index contributed by atoms with van der Waals surface area (Å²) in [5.74, 6) is 2.92. The van der Waals surface area contributed by atoms with Gasteiger partial charge >= 0.3 is 0 Å². The van der Waals surface area contributed by atoms with Crippen LogP contribution >= 0.6 is 0 Å². The van der Waals surface area contributed by atoms with E-state index < -0.39 is 0 Å². The van der Waals surface area contributed by atoms with Crippen molar-refractivity contribution in [2.45, 2.75) is 18.9 Å². The average Bonchev–Trinajstić information content (AvgIpc) is 3.23. The summed E-state index contributed by atoms with van der Waals surface area (Å²) in [7, 11) is 1.70. The van der Waals surface area contributed by atoms with Gasteiger partial charge in [-0.05, 0) is 47.5 Å². The van der Waals surface area contributed by atoms with Crippen LogP contribution in [0.5, 0.6) is 17.2 Å². The fourth-order valence-corrected chi connectivity index (χ4v) is 3.66. The van der Waals surface area contributed by atoms with E-state index in [2.05, 4.69) is 59.9 Å². The van der Waals surface area contributed by atoms with Crippen molar-refractivity contribution >= 4 is 0 Å². The van der Waals surface area contributed by atoms with E-state index in [1.165, 1.54) is 16.7 Å². The summed E-state index contributed by atoms with van der Waals surface area (Å²) in [6, 6.07) is 25.3. The maximum Gasteiger partial charge on any atom is 0.231 e. The lowest BCUT2D eigenvalue weighted by Gasteiger charge is -2.18. The smallest absolute Gasteiger partial charge is 0.231 e. The summed E-state index contributed by atoms with van der Waals surface area (Å²) < 4.78 is 16.3. The van der Waals surface area contributed by atoms with Crippen molar-refractivity contribution in [1.82, 2.24) is 0 Å². The lowest BCUT2D eigenvalue weighted by atomic mass is 9.88. The van der Waals surface area contributed by atoms with Crippen molar-refractivity contribution in [3.8, 4) is 17.2 Å². The first-order valence-electron chi connectivity index (χ1n) is 9.72. The predicted octanol–water partition coefficient (Wildman–Crippen LogP) is 3.71. The van der Waals surface area contributed by atoms with Gasteiger partial charge < -0.3 is 19.5 Å². The van der Waals surface area contributed by atoms with Gasteiger partial charge in [0.2, 0.25) is 6.79 Å². The fourth-order valence-electron chi connectivity index (χ4n) is 3.66. The average molecular weight is 376 g/mol. The molecule has 1 aliphatic rings. The minimum Gasteiger partial charge on any atom is -0.497 e. The Morgan fingerprint density at radius 1 is 0.893 bits per heavy atom. The van der Waals surface area contributed by atoms with E-state index in [1.54, 1.807) is 7.11 Å². The van der Waals surface area contributed by atoms with E-state index >= 15 is 0 Å². The molecule has 0 bridgehead atoms. The van der Waals surface area contributed by atoms with Gasteiger partial charge in [-0.15, -0.1) is 0 Å². The first-order valence-corrected chi connectivity index (χ1v) is 9.72. The first-order chi connectivity index (χ1) is 13.8. The number of rotatable bonds is 8. The molecule has 0 fully saturated rings. The first kappa shape index (κ1) is 18.4. The highest BCUT2D eigenvalue weighted by Crippen LogP contribution is 2.37. The van der Waals surface area contributed by atoms with Gasteiger partial charge in [-0.3, -0.25) is 0 Å². The summed E-state index contributed by atoms with van der Waals surface area (Å²) >= 11 is 0. The Balaban J connectivity index is 1.42. The number of hydrogen-bond donors (Lipinski definition) is 1. The van der Waals surface area contributed by atoms with Crippen molar-refractivity contribution < 1.29 is 19.5 Å². The Labute approximate surface area is 166 Å². The van der Waals surface area contributed by atoms with E-state index in [0.29, 0.717) is 12.7 Å². The summed E-state index contributed by atoms with van der Waals surface area (Å²) in [4.78, 5) is 0. The van der Waals surface area contributed by atoms with Crippen molar-refractivity contribution in [2.24, 2.45) is 0 Å². The molecule has 0 amide bonds. The maximum absolute atomic E-state index is 5.59. The van der Waals surface area contributed by atoms with E-state index in [9.17, 15) is 0 Å². The molecule has 0 aliphatic carbocycles. The number of nitrogens with two attached hydrogens (primary N) is 1. The predicted molar refractivity (Wildman–Crippen MR) is 109 cm³/mol.